The van der Waals surface area contributed by atoms with Crippen molar-refractivity contribution in [3.8, 4) is 17.0 Å². The largest absolute Gasteiger partial charge is 0.497 e. The lowest BCUT2D eigenvalue weighted by atomic mass is 10.1. The standard InChI is InChI=1S/C13H14FN3O/c1-3-15-13-16-8-11(14)12(17-13)9-5-4-6-10(7-9)18-2/h4-8H,3H2,1-2H3,(H,15,16,17). The maximum Gasteiger partial charge on any atom is 0.223 e. The second-order valence-corrected chi connectivity index (χ2v) is 3.65. The first-order chi connectivity index (χ1) is 8.74. The van der Waals surface area contributed by atoms with Crippen molar-refractivity contribution in [1.82, 2.24) is 9.97 Å². The molecule has 0 radical (unpaired) electrons. The average Bonchev–Trinajstić information content (AvgIpc) is 2.41. The van der Waals surface area contributed by atoms with Crippen molar-refractivity contribution in [3.63, 3.8) is 0 Å². The highest BCUT2D eigenvalue weighted by Crippen LogP contribution is 2.24. The van der Waals surface area contributed by atoms with E-state index in [4.69, 9.17) is 4.74 Å². The van der Waals surface area contributed by atoms with Crippen LogP contribution in [0.5, 0.6) is 5.75 Å². The molecule has 5 heteroatoms. The summed E-state index contributed by atoms with van der Waals surface area (Å²) < 4.78 is 18.9. The molecule has 2 rings (SSSR count). The second kappa shape index (κ2) is 5.44. The predicted octanol–water partition coefficient (Wildman–Crippen LogP) is 2.72. The molecule has 0 unspecified atom stereocenters. The summed E-state index contributed by atoms with van der Waals surface area (Å²) in [6.07, 6.45) is 1.17. The normalized spacial score (nSPS) is 10.2. The Hall–Kier alpha value is -2.17. The van der Waals surface area contributed by atoms with E-state index in [0.717, 1.165) is 0 Å². The number of benzene rings is 1. The first-order valence-electron chi connectivity index (χ1n) is 5.65. The van der Waals surface area contributed by atoms with Crippen LogP contribution >= 0.6 is 0 Å². The van der Waals surface area contributed by atoms with Crippen LogP contribution in [0.4, 0.5) is 10.3 Å². The number of nitrogens with one attached hydrogen (secondary N) is 1. The summed E-state index contributed by atoms with van der Waals surface area (Å²) in [7, 11) is 1.57. The van der Waals surface area contributed by atoms with Gasteiger partial charge >= 0.3 is 0 Å². The predicted molar refractivity (Wildman–Crippen MR) is 68.1 cm³/mol. The number of aromatic nitrogens is 2. The molecule has 0 saturated heterocycles. The number of hydrogen-bond acceptors (Lipinski definition) is 4. The Morgan fingerprint density at radius 1 is 1.39 bits per heavy atom. The SMILES string of the molecule is CCNc1ncc(F)c(-c2cccc(OC)c2)n1. The van der Waals surface area contributed by atoms with Crippen LogP contribution in [0.1, 0.15) is 6.92 Å². The zero-order chi connectivity index (χ0) is 13.0. The Morgan fingerprint density at radius 3 is 2.94 bits per heavy atom. The zero-order valence-electron chi connectivity index (χ0n) is 10.3. The molecule has 0 bridgehead atoms. The lowest BCUT2D eigenvalue weighted by Crippen LogP contribution is -2.04. The van der Waals surface area contributed by atoms with Gasteiger partial charge in [-0.25, -0.2) is 14.4 Å². The fraction of sp³-hybridized carbons (Fsp3) is 0.231. The summed E-state index contributed by atoms with van der Waals surface area (Å²) in [5.41, 5.74) is 0.924. The van der Waals surface area contributed by atoms with E-state index in [9.17, 15) is 4.39 Å². The number of nitrogens with zero attached hydrogens (tertiary/aromatic N) is 2. The van der Waals surface area contributed by atoms with Crippen molar-refractivity contribution >= 4 is 5.95 Å². The van der Waals surface area contributed by atoms with Crippen LogP contribution in [0.3, 0.4) is 0 Å². The quantitative estimate of drug-likeness (QED) is 0.902. The third kappa shape index (κ3) is 2.56. The highest BCUT2D eigenvalue weighted by Gasteiger charge is 2.09. The molecule has 1 aromatic heterocycles. The average molecular weight is 247 g/mol. The van der Waals surface area contributed by atoms with E-state index in [0.29, 0.717) is 23.8 Å². The molecule has 0 saturated carbocycles. The highest BCUT2D eigenvalue weighted by atomic mass is 19.1. The molecule has 0 atom stereocenters. The minimum absolute atomic E-state index is 0.264. The Labute approximate surface area is 105 Å². The van der Waals surface area contributed by atoms with E-state index >= 15 is 0 Å². The van der Waals surface area contributed by atoms with Crippen LogP contribution in [0.2, 0.25) is 0 Å². The number of halogens is 1. The molecule has 1 N–H and O–H groups in total. The van der Waals surface area contributed by atoms with Crippen LogP contribution in [-0.4, -0.2) is 23.6 Å². The molecular weight excluding hydrogens is 233 g/mol. The number of rotatable bonds is 4. The fourth-order valence-electron chi connectivity index (χ4n) is 1.58. The molecule has 0 aliphatic rings. The van der Waals surface area contributed by atoms with Gasteiger partial charge in [-0.1, -0.05) is 12.1 Å². The molecule has 2 aromatic rings. The van der Waals surface area contributed by atoms with Crippen LogP contribution < -0.4 is 10.1 Å². The number of methoxy groups -OCH3 is 1. The monoisotopic (exact) mass is 247 g/mol. The lowest BCUT2D eigenvalue weighted by Gasteiger charge is -2.07. The van der Waals surface area contributed by atoms with Crippen LogP contribution in [0.25, 0.3) is 11.3 Å². The Morgan fingerprint density at radius 2 is 2.22 bits per heavy atom. The molecule has 0 aliphatic heterocycles. The topological polar surface area (TPSA) is 47.0 Å². The van der Waals surface area contributed by atoms with E-state index < -0.39 is 5.82 Å². The van der Waals surface area contributed by atoms with Crippen molar-refractivity contribution in [3.05, 3.63) is 36.3 Å². The summed E-state index contributed by atoms with van der Waals surface area (Å²) in [6, 6.07) is 7.11. The third-order valence-electron chi connectivity index (χ3n) is 2.42. The van der Waals surface area contributed by atoms with Crippen LogP contribution in [0.15, 0.2) is 30.5 Å². The van der Waals surface area contributed by atoms with Crippen molar-refractivity contribution in [2.45, 2.75) is 6.92 Å². The smallest absolute Gasteiger partial charge is 0.223 e. The minimum atomic E-state index is -0.454. The van der Waals surface area contributed by atoms with E-state index in [2.05, 4.69) is 15.3 Å². The Bertz CT molecular complexity index is 546. The molecule has 94 valence electrons. The fourth-order valence-corrected chi connectivity index (χ4v) is 1.58. The third-order valence-corrected chi connectivity index (χ3v) is 2.42. The molecular formula is C13H14FN3O. The van der Waals surface area contributed by atoms with Gasteiger partial charge in [0.15, 0.2) is 5.82 Å². The molecule has 1 aromatic carbocycles. The van der Waals surface area contributed by atoms with E-state index in [1.807, 2.05) is 6.92 Å². The Balaban J connectivity index is 2.44. The van der Waals surface area contributed by atoms with Crippen LogP contribution in [0, 0.1) is 5.82 Å². The summed E-state index contributed by atoms with van der Waals surface area (Å²) in [4.78, 5) is 8.02. The molecule has 0 fully saturated rings. The van der Waals surface area contributed by atoms with Crippen molar-refractivity contribution in [2.24, 2.45) is 0 Å². The van der Waals surface area contributed by atoms with Gasteiger partial charge in [0.25, 0.3) is 0 Å². The number of ether oxygens (including phenoxy) is 1. The van der Waals surface area contributed by atoms with Crippen molar-refractivity contribution in [2.75, 3.05) is 19.0 Å². The zero-order valence-corrected chi connectivity index (χ0v) is 10.3. The van der Waals surface area contributed by atoms with Gasteiger partial charge in [0.1, 0.15) is 11.4 Å². The Kier molecular flexibility index (Phi) is 3.72. The van der Waals surface area contributed by atoms with Gasteiger partial charge in [-0.05, 0) is 19.1 Å². The summed E-state index contributed by atoms with van der Waals surface area (Å²) in [5.74, 6) is 0.622. The minimum Gasteiger partial charge on any atom is -0.497 e. The molecule has 1 heterocycles. The van der Waals surface area contributed by atoms with Gasteiger partial charge in [-0.2, -0.15) is 0 Å². The van der Waals surface area contributed by atoms with Gasteiger partial charge in [0.05, 0.1) is 13.3 Å². The number of hydrogen-bond donors (Lipinski definition) is 1. The molecule has 0 aliphatic carbocycles. The summed E-state index contributed by atoms with van der Waals surface area (Å²) in [6.45, 7) is 2.61. The van der Waals surface area contributed by atoms with Gasteiger partial charge in [-0.3, -0.25) is 0 Å². The van der Waals surface area contributed by atoms with Gasteiger partial charge < -0.3 is 10.1 Å². The highest BCUT2D eigenvalue weighted by molar-refractivity contribution is 5.62. The summed E-state index contributed by atoms with van der Waals surface area (Å²) >= 11 is 0. The maximum atomic E-state index is 13.7. The van der Waals surface area contributed by atoms with Crippen LogP contribution in [-0.2, 0) is 0 Å². The number of anilines is 1. The lowest BCUT2D eigenvalue weighted by molar-refractivity contribution is 0.415. The molecule has 4 nitrogen and oxygen atoms in total. The summed E-state index contributed by atoms with van der Waals surface area (Å²) in [5, 5.41) is 2.95. The molecule has 18 heavy (non-hydrogen) atoms. The van der Waals surface area contributed by atoms with E-state index in [-0.39, 0.29) is 5.69 Å². The van der Waals surface area contributed by atoms with Gasteiger partial charge in [0.2, 0.25) is 5.95 Å². The maximum absolute atomic E-state index is 13.7. The van der Waals surface area contributed by atoms with Gasteiger partial charge in [0, 0.05) is 12.1 Å². The molecule has 0 amide bonds. The van der Waals surface area contributed by atoms with Gasteiger partial charge in [-0.15, -0.1) is 0 Å². The van der Waals surface area contributed by atoms with Crippen molar-refractivity contribution in [1.29, 1.82) is 0 Å². The first kappa shape index (κ1) is 12.3. The first-order valence-corrected chi connectivity index (χ1v) is 5.65. The molecule has 0 spiro atoms. The second-order valence-electron chi connectivity index (χ2n) is 3.65. The van der Waals surface area contributed by atoms with E-state index in [1.165, 1.54) is 6.20 Å². The van der Waals surface area contributed by atoms with E-state index in [1.54, 1.807) is 31.4 Å². The van der Waals surface area contributed by atoms with Crippen molar-refractivity contribution < 1.29 is 9.13 Å².